The number of nitrogens with zero attached hydrogens (tertiary/aromatic N) is 3. The van der Waals surface area contributed by atoms with Crippen LogP contribution in [0.25, 0.3) is 11.0 Å². The monoisotopic (exact) mass is 379 g/mol. The molecule has 0 fully saturated rings. The minimum absolute atomic E-state index is 0.612. The molecule has 3 rings (SSSR count). The SMILES string of the molecule is C=C(C)CN=C(NCCCn1c(C)nc2ccccc21)NCCc1ccco1. The van der Waals surface area contributed by atoms with E-state index in [4.69, 9.17) is 4.42 Å². The van der Waals surface area contributed by atoms with E-state index < -0.39 is 0 Å². The Morgan fingerprint density at radius 2 is 2.00 bits per heavy atom. The van der Waals surface area contributed by atoms with Crippen molar-refractivity contribution in [3.63, 3.8) is 0 Å². The van der Waals surface area contributed by atoms with E-state index >= 15 is 0 Å². The summed E-state index contributed by atoms with van der Waals surface area (Å²) in [4.78, 5) is 9.22. The summed E-state index contributed by atoms with van der Waals surface area (Å²) < 4.78 is 7.65. The molecular weight excluding hydrogens is 350 g/mol. The normalized spacial score (nSPS) is 11.7. The Bertz CT molecular complexity index is 924. The summed E-state index contributed by atoms with van der Waals surface area (Å²) in [5.41, 5.74) is 3.27. The van der Waals surface area contributed by atoms with Crippen molar-refractivity contribution in [2.45, 2.75) is 33.2 Å². The van der Waals surface area contributed by atoms with Gasteiger partial charge in [0, 0.05) is 26.1 Å². The van der Waals surface area contributed by atoms with Gasteiger partial charge in [0.1, 0.15) is 11.6 Å². The Hall–Kier alpha value is -3.02. The fourth-order valence-corrected chi connectivity index (χ4v) is 3.07. The number of guanidine groups is 1. The third-order valence-corrected chi connectivity index (χ3v) is 4.45. The van der Waals surface area contributed by atoms with E-state index in [1.807, 2.05) is 25.1 Å². The minimum Gasteiger partial charge on any atom is -0.469 e. The number of benzene rings is 1. The molecule has 2 aromatic heterocycles. The Labute approximate surface area is 166 Å². The van der Waals surface area contributed by atoms with Crippen LogP contribution >= 0.6 is 0 Å². The Kier molecular flexibility index (Phi) is 6.89. The number of aryl methyl sites for hydroxylation is 2. The molecule has 28 heavy (non-hydrogen) atoms. The molecule has 0 saturated heterocycles. The van der Waals surface area contributed by atoms with E-state index in [-0.39, 0.29) is 0 Å². The second kappa shape index (κ2) is 9.78. The van der Waals surface area contributed by atoms with Crippen molar-refractivity contribution in [2.24, 2.45) is 4.99 Å². The molecule has 3 aromatic rings. The fraction of sp³-hybridized carbons (Fsp3) is 0.364. The van der Waals surface area contributed by atoms with Crippen LogP contribution in [-0.2, 0) is 13.0 Å². The first-order valence-corrected chi connectivity index (χ1v) is 9.74. The van der Waals surface area contributed by atoms with Crippen LogP contribution in [0, 0.1) is 6.92 Å². The smallest absolute Gasteiger partial charge is 0.191 e. The molecule has 0 aliphatic heterocycles. The summed E-state index contributed by atoms with van der Waals surface area (Å²) in [6, 6.07) is 12.2. The van der Waals surface area contributed by atoms with Crippen molar-refractivity contribution in [1.29, 1.82) is 0 Å². The molecule has 0 atom stereocenters. The van der Waals surface area contributed by atoms with E-state index in [9.17, 15) is 0 Å². The maximum absolute atomic E-state index is 5.38. The number of aromatic nitrogens is 2. The number of hydrogen-bond acceptors (Lipinski definition) is 3. The number of para-hydroxylation sites is 2. The molecule has 2 N–H and O–H groups in total. The number of nitrogens with one attached hydrogen (secondary N) is 2. The molecular formula is C22H29N5O. The molecule has 2 heterocycles. The number of hydrogen-bond donors (Lipinski definition) is 2. The van der Waals surface area contributed by atoms with Crippen molar-refractivity contribution >= 4 is 17.0 Å². The third-order valence-electron chi connectivity index (χ3n) is 4.45. The molecule has 1 aromatic carbocycles. The van der Waals surface area contributed by atoms with Gasteiger partial charge in [0.2, 0.25) is 0 Å². The van der Waals surface area contributed by atoms with Crippen LogP contribution in [0.4, 0.5) is 0 Å². The summed E-state index contributed by atoms with van der Waals surface area (Å²) in [5.74, 6) is 2.82. The maximum Gasteiger partial charge on any atom is 0.191 e. The van der Waals surface area contributed by atoms with Gasteiger partial charge >= 0.3 is 0 Å². The lowest BCUT2D eigenvalue weighted by atomic mass is 10.3. The van der Waals surface area contributed by atoms with Gasteiger partial charge in [0.15, 0.2) is 5.96 Å². The zero-order valence-corrected chi connectivity index (χ0v) is 16.7. The average Bonchev–Trinajstić information content (AvgIpc) is 3.30. The van der Waals surface area contributed by atoms with Crippen molar-refractivity contribution < 1.29 is 4.42 Å². The number of imidazole rings is 1. The molecule has 0 spiro atoms. The lowest BCUT2D eigenvalue weighted by Crippen LogP contribution is -2.39. The quantitative estimate of drug-likeness (QED) is 0.258. The zero-order valence-electron chi connectivity index (χ0n) is 16.7. The highest BCUT2D eigenvalue weighted by molar-refractivity contribution is 5.80. The van der Waals surface area contributed by atoms with Crippen molar-refractivity contribution in [1.82, 2.24) is 20.2 Å². The lowest BCUT2D eigenvalue weighted by Gasteiger charge is -2.13. The standard InChI is InChI=1S/C22H29N5O/c1-17(2)16-25-22(24-13-11-19-8-6-15-28-19)23-12-7-14-27-18(3)26-20-9-4-5-10-21(20)27/h4-6,8-10,15H,1,7,11-14,16H2,2-3H3,(H2,23,24,25). The van der Waals surface area contributed by atoms with E-state index in [0.717, 1.165) is 61.1 Å². The second-order valence-electron chi connectivity index (χ2n) is 6.96. The Morgan fingerprint density at radius 1 is 1.18 bits per heavy atom. The molecule has 0 amide bonds. The minimum atomic E-state index is 0.612. The number of aliphatic imine (C=N–C) groups is 1. The summed E-state index contributed by atoms with van der Waals surface area (Å²) >= 11 is 0. The van der Waals surface area contributed by atoms with Crippen LogP contribution in [-0.4, -0.2) is 35.1 Å². The molecule has 0 aliphatic rings. The number of rotatable bonds is 9. The first-order valence-electron chi connectivity index (χ1n) is 9.74. The lowest BCUT2D eigenvalue weighted by molar-refractivity contribution is 0.506. The van der Waals surface area contributed by atoms with Gasteiger partial charge in [-0.05, 0) is 44.5 Å². The second-order valence-corrected chi connectivity index (χ2v) is 6.96. The Morgan fingerprint density at radius 3 is 2.79 bits per heavy atom. The van der Waals surface area contributed by atoms with Crippen molar-refractivity contribution in [3.05, 3.63) is 66.4 Å². The predicted octanol–water partition coefficient (Wildman–Crippen LogP) is 3.68. The van der Waals surface area contributed by atoms with Crippen molar-refractivity contribution in [2.75, 3.05) is 19.6 Å². The zero-order chi connectivity index (χ0) is 19.8. The van der Waals surface area contributed by atoms with Crippen LogP contribution in [0.5, 0.6) is 0 Å². The number of fused-ring (bicyclic) bond motifs is 1. The van der Waals surface area contributed by atoms with Gasteiger partial charge < -0.3 is 19.6 Å². The van der Waals surface area contributed by atoms with E-state index in [1.54, 1.807) is 6.26 Å². The van der Waals surface area contributed by atoms with Crippen LogP contribution in [0.3, 0.4) is 0 Å². The average molecular weight is 380 g/mol. The highest BCUT2D eigenvalue weighted by atomic mass is 16.3. The van der Waals surface area contributed by atoms with Gasteiger partial charge in [-0.3, -0.25) is 0 Å². The van der Waals surface area contributed by atoms with Crippen LogP contribution in [0.2, 0.25) is 0 Å². The van der Waals surface area contributed by atoms with Crippen molar-refractivity contribution in [3.8, 4) is 0 Å². The Balaban J connectivity index is 1.50. The highest BCUT2D eigenvalue weighted by Gasteiger charge is 2.06. The molecule has 0 aliphatic carbocycles. The number of furan rings is 1. The fourth-order valence-electron chi connectivity index (χ4n) is 3.07. The van der Waals surface area contributed by atoms with E-state index in [2.05, 4.69) is 56.9 Å². The topological polar surface area (TPSA) is 67.4 Å². The summed E-state index contributed by atoms with van der Waals surface area (Å²) in [5, 5.41) is 6.79. The third kappa shape index (κ3) is 5.49. The van der Waals surface area contributed by atoms with E-state index in [1.165, 1.54) is 5.52 Å². The van der Waals surface area contributed by atoms with Gasteiger partial charge in [-0.15, -0.1) is 0 Å². The predicted molar refractivity (Wildman–Crippen MR) is 115 cm³/mol. The summed E-state index contributed by atoms with van der Waals surface area (Å²) in [7, 11) is 0. The molecule has 6 heteroatoms. The first kappa shape index (κ1) is 19.7. The summed E-state index contributed by atoms with van der Waals surface area (Å²) in [6.45, 7) is 11.1. The molecule has 0 bridgehead atoms. The van der Waals surface area contributed by atoms with Gasteiger partial charge in [0.25, 0.3) is 0 Å². The molecule has 0 radical (unpaired) electrons. The largest absolute Gasteiger partial charge is 0.469 e. The van der Waals surface area contributed by atoms with E-state index in [0.29, 0.717) is 6.54 Å². The van der Waals surface area contributed by atoms with Gasteiger partial charge in [-0.1, -0.05) is 24.3 Å². The van der Waals surface area contributed by atoms with Crippen LogP contribution in [0.15, 0.2) is 64.2 Å². The molecule has 148 valence electrons. The molecule has 0 saturated carbocycles. The van der Waals surface area contributed by atoms with Crippen LogP contribution in [0.1, 0.15) is 24.9 Å². The van der Waals surface area contributed by atoms with Gasteiger partial charge in [-0.2, -0.15) is 0 Å². The van der Waals surface area contributed by atoms with Gasteiger partial charge in [0.05, 0.1) is 23.8 Å². The first-order chi connectivity index (χ1) is 13.6. The van der Waals surface area contributed by atoms with Crippen LogP contribution < -0.4 is 10.6 Å². The maximum atomic E-state index is 5.38. The molecule has 0 unspecified atom stereocenters. The molecule has 6 nitrogen and oxygen atoms in total. The highest BCUT2D eigenvalue weighted by Crippen LogP contribution is 2.15. The summed E-state index contributed by atoms with van der Waals surface area (Å²) in [6.07, 6.45) is 3.50. The van der Waals surface area contributed by atoms with Gasteiger partial charge in [-0.25, -0.2) is 9.98 Å².